The van der Waals surface area contributed by atoms with Crippen LogP contribution in [-0.4, -0.2) is 54.6 Å². The molecule has 0 aliphatic carbocycles. The Bertz CT molecular complexity index is 274. The van der Waals surface area contributed by atoms with Crippen LogP contribution in [0.2, 0.25) is 0 Å². The van der Waals surface area contributed by atoms with Gasteiger partial charge in [0.15, 0.2) is 0 Å². The number of ether oxygens (including phenoxy) is 1. The molecule has 84 valence electrons. The normalized spacial score (nSPS) is 26.7. The van der Waals surface area contributed by atoms with E-state index in [4.69, 9.17) is 4.74 Å². The number of likely N-dealkylation sites (tertiary alicyclic amines) is 1. The van der Waals surface area contributed by atoms with Crippen molar-refractivity contribution >= 4 is 12.0 Å². The average Bonchev–Trinajstić information content (AvgIpc) is 2.60. The number of piperidine rings is 1. The highest BCUT2D eigenvalue weighted by molar-refractivity contribution is 5.87. The maximum Gasteiger partial charge on any atom is 0.410 e. The van der Waals surface area contributed by atoms with E-state index in [9.17, 15) is 9.59 Å². The Hall–Kier alpha value is -1.26. The molecule has 2 heterocycles. The first kappa shape index (κ1) is 10.3. The molecule has 0 radical (unpaired) electrons. The van der Waals surface area contributed by atoms with E-state index in [1.807, 2.05) is 4.90 Å². The maximum atomic E-state index is 12.0. The minimum Gasteiger partial charge on any atom is -0.447 e. The maximum absolute atomic E-state index is 12.0. The van der Waals surface area contributed by atoms with Crippen LogP contribution in [0, 0.1) is 0 Å². The van der Waals surface area contributed by atoms with E-state index >= 15 is 0 Å². The van der Waals surface area contributed by atoms with Crippen molar-refractivity contribution < 1.29 is 14.3 Å². The summed E-state index contributed by atoms with van der Waals surface area (Å²) in [6.07, 6.45) is 2.93. The van der Waals surface area contributed by atoms with Crippen molar-refractivity contribution in [1.82, 2.24) is 9.80 Å². The minimum atomic E-state index is -0.407. The number of rotatable bonds is 1. The van der Waals surface area contributed by atoms with Crippen LogP contribution in [-0.2, 0) is 9.53 Å². The van der Waals surface area contributed by atoms with Crippen LogP contribution in [0.4, 0.5) is 4.79 Å². The average molecular weight is 212 g/mol. The lowest BCUT2D eigenvalue weighted by Gasteiger charge is -2.29. The largest absolute Gasteiger partial charge is 0.447 e. The number of carbonyl (C=O) groups is 2. The molecule has 0 saturated carbocycles. The molecule has 1 unspecified atom stereocenters. The van der Waals surface area contributed by atoms with Gasteiger partial charge in [0.25, 0.3) is 0 Å². The molecule has 2 aliphatic rings. The van der Waals surface area contributed by atoms with Crippen molar-refractivity contribution in [2.45, 2.75) is 25.3 Å². The second kappa shape index (κ2) is 4.08. The monoisotopic (exact) mass is 212 g/mol. The van der Waals surface area contributed by atoms with Gasteiger partial charge >= 0.3 is 6.09 Å². The van der Waals surface area contributed by atoms with Crippen LogP contribution in [0.15, 0.2) is 0 Å². The Morgan fingerprint density at radius 3 is 2.53 bits per heavy atom. The molecule has 0 aromatic carbocycles. The first-order valence-electron chi connectivity index (χ1n) is 5.38. The summed E-state index contributed by atoms with van der Waals surface area (Å²) in [5.41, 5.74) is 0. The number of likely N-dealkylation sites (N-methyl/N-ethyl adjacent to an activating group) is 1. The Kier molecular flexibility index (Phi) is 2.79. The fourth-order valence-corrected chi connectivity index (χ4v) is 2.05. The minimum absolute atomic E-state index is 0.0306. The topological polar surface area (TPSA) is 49.9 Å². The summed E-state index contributed by atoms with van der Waals surface area (Å²) in [5, 5.41) is 0. The van der Waals surface area contributed by atoms with Crippen molar-refractivity contribution in [3.8, 4) is 0 Å². The summed E-state index contributed by atoms with van der Waals surface area (Å²) < 4.78 is 4.83. The lowest BCUT2D eigenvalue weighted by Crippen LogP contribution is -2.47. The summed E-state index contributed by atoms with van der Waals surface area (Å²) in [6.45, 7) is 1.83. The number of hydrogen-bond acceptors (Lipinski definition) is 3. The van der Waals surface area contributed by atoms with Crippen LogP contribution >= 0.6 is 0 Å². The number of carbonyl (C=O) groups excluding carboxylic acids is 2. The Balaban J connectivity index is 1.98. The molecule has 0 aromatic rings. The van der Waals surface area contributed by atoms with Crippen LogP contribution in [0.5, 0.6) is 0 Å². The molecular weight excluding hydrogens is 196 g/mol. The van der Waals surface area contributed by atoms with Crippen LogP contribution in [0.3, 0.4) is 0 Å². The third-order valence-corrected chi connectivity index (χ3v) is 3.07. The zero-order chi connectivity index (χ0) is 10.8. The molecule has 15 heavy (non-hydrogen) atoms. The number of nitrogens with zero attached hydrogens (tertiary/aromatic N) is 2. The molecule has 2 rings (SSSR count). The lowest BCUT2D eigenvalue weighted by molar-refractivity contribution is -0.135. The van der Waals surface area contributed by atoms with E-state index in [0.717, 1.165) is 25.9 Å². The predicted octanol–water partition coefficient (Wildman–Crippen LogP) is 0.449. The standard InChI is InChI=1S/C10H16N2O3/c1-11-8(7-15-10(11)14)9(13)12-5-3-2-4-6-12/h8H,2-7H2,1H3. The predicted molar refractivity (Wildman–Crippen MR) is 53.3 cm³/mol. The second-order valence-electron chi connectivity index (χ2n) is 4.09. The van der Waals surface area contributed by atoms with Crippen LogP contribution < -0.4 is 0 Å². The van der Waals surface area contributed by atoms with Crippen molar-refractivity contribution in [2.24, 2.45) is 0 Å². The molecule has 1 atom stereocenters. The molecule has 0 bridgehead atoms. The molecule has 0 aromatic heterocycles. The molecule has 5 nitrogen and oxygen atoms in total. The van der Waals surface area contributed by atoms with E-state index in [0.29, 0.717) is 0 Å². The van der Waals surface area contributed by atoms with Gasteiger partial charge in [0, 0.05) is 20.1 Å². The smallest absolute Gasteiger partial charge is 0.410 e. The van der Waals surface area contributed by atoms with E-state index in [2.05, 4.69) is 0 Å². The van der Waals surface area contributed by atoms with E-state index < -0.39 is 12.1 Å². The van der Waals surface area contributed by atoms with Gasteiger partial charge in [-0.1, -0.05) is 0 Å². The van der Waals surface area contributed by atoms with Crippen molar-refractivity contribution in [1.29, 1.82) is 0 Å². The highest BCUT2D eigenvalue weighted by Crippen LogP contribution is 2.16. The van der Waals surface area contributed by atoms with Gasteiger partial charge in [0.1, 0.15) is 12.6 Å². The number of amides is 2. The summed E-state index contributed by atoms with van der Waals surface area (Å²) in [5.74, 6) is 0.0306. The molecule has 0 N–H and O–H groups in total. The van der Waals surface area contributed by atoms with E-state index in [-0.39, 0.29) is 12.5 Å². The summed E-state index contributed by atoms with van der Waals surface area (Å²) in [4.78, 5) is 26.3. The third kappa shape index (κ3) is 1.91. The molecule has 5 heteroatoms. The van der Waals surface area contributed by atoms with Crippen molar-refractivity contribution in [3.63, 3.8) is 0 Å². The van der Waals surface area contributed by atoms with Gasteiger partial charge in [-0.2, -0.15) is 0 Å². The zero-order valence-electron chi connectivity index (χ0n) is 8.94. The van der Waals surface area contributed by atoms with Crippen LogP contribution in [0.1, 0.15) is 19.3 Å². The van der Waals surface area contributed by atoms with Crippen LogP contribution in [0.25, 0.3) is 0 Å². The number of cyclic esters (lactones) is 1. The Labute approximate surface area is 89.0 Å². The van der Waals surface area contributed by atoms with Gasteiger partial charge in [0.2, 0.25) is 5.91 Å². The van der Waals surface area contributed by atoms with Gasteiger partial charge in [-0.05, 0) is 19.3 Å². The fraction of sp³-hybridized carbons (Fsp3) is 0.800. The van der Waals surface area contributed by atoms with Gasteiger partial charge < -0.3 is 9.64 Å². The molecule has 0 spiro atoms. The Morgan fingerprint density at radius 1 is 1.33 bits per heavy atom. The van der Waals surface area contributed by atoms with Gasteiger partial charge in [-0.3, -0.25) is 9.69 Å². The van der Waals surface area contributed by atoms with Gasteiger partial charge in [-0.15, -0.1) is 0 Å². The van der Waals surface area contributed by atoms with Crippen molar-refractivity contribution in [3.05, 3.63) is 0 Å². The molecule has 2 amide bonds. The first-order valence-corrected chi connectivity index (χ1v) is 5.38. The summed E-state index contributed by atoms with van der Waals surface area (Å²) >= 11 is 0. The SMILES string of the molecule is CN1C(=O)OCC1C(=O)N1CCCCC1. The van der Waals surface area contributed by atoms with E-state index in [1.165, 1.54) is 11.3 Å². The quantitative estimate of drug-likeness (QED) is 0.634. The molecular formula is C10H16N2O3. The first-order chi connectivity index (χ1) is 7.20. The second-order valence-corrected chi connectivity index (χ2v) is 4.09. The highest BCUT2D eigenvalue weighted by atomic mass is 16.6. The zero-order valence-corrected chi connectivity index (χ0v) is 8.94. The summed E-state index contributed by atoms with van der Waals surface area (Å²) in [7, 11) is 1.61. The molecule has 2 saturated heterocycles. The fourth-order valence-electron chi connectivity index (χ4n) is 2.05. The van der Waals surface area contributed by atoms with E-state index in [1.54, 1.807) is 7.05 Å². The Morgan fingerprint density at radius 2 is 2.00 bits per heavy atom. The summed E-state index contributed by atoms with van der Waals surface area (Å²) in [6, 6.07) is -0.407. The van der Waals surface area contributed by atoms with Gasteiger partial charge in [-0.25, -0.2) is 4.79 Å². The van der Waals surface area contributed by atoms with Crippen molar-refractivity contribution in [2.75, 3.05) is 26.7 Å². The molecule has 2 aliphatic heterocycles. The van der Waals surface area contributed by atoms with Gasteiger partial charge in [0.05, 0.1) is 0 Å². The number of hydrogen-bond donors (Lipinski definition) is 0. The lowest BCUT2D eigenvalue weighted by atomic mass is 10.1. The molecule has 2 fully saturated rings. The third-order valence-electron chi connectivity index (χ3n) is 3.07. The highest BCUT2D eigenvalue weighted by Gasteiger charge is 2.37.